The number of phenols is 1. The Morgan fingerprint density at radius 3 is 2.74 bits per heavy atom. The van der Waals surface area contributed by atoms with Gasteiger partial charge in [-0.2, -0.15) is 0 Å². The second-order valence-corrected chi connectivity index (χ2v) is 8.64. The molecule has 1 aliphatic carbocycles. The van der Waals surface area contributed by atoms with Gasteiger partial charge in [-0.25, -0.2) is 0 Å². The van der Waals surface area contributed by atoms with E-state index in [2.05, 4.69) is 27.0 Å². The highest BCUT2D eigenvalue weighted by molar-refractivity contribution is 6.30. The van der Waals surface area contributed by atoms with Crippen LogP contribution >= 0.6 is 11.6 Å². The molecule has 1 saturated carbocycles. The lowest BCUT2D eigenvalue weighted by Crippen LogP contribution is -2.46. The maximum absolute atomic E-state index is 10.4. The normalized spacial score (nSPS) is 22.9. The van der Waals surface area contributed by atoms with Crippen LogP contribution in [0.3, 0.4) is 0 Å². The number of likely N-dealkylation sites (tertiary alicyclic amines) is 1. The molecular formula is C21H25ClN4O. The van der Waals surface area contributed by atoms with Gasteiger partial charge in [0.25, 0.3) is 0 Å². The summed E-state index contributed by atoms with van der Waals surface area (Å²) in [5.74, 6) is 1.81. The van der Waals surface area contributed by atoms with E-state index in [-0.39, 0.29) is 5.75 Å². The van der Waals surface area contributed by atoms with Crippen molar-refractivity contribution in [2.75, 3.05) is 31.6 Å². The van der Waals surface area contributed by atoms with Gasteiger partial charge >= 0.3 is 0 Å². The number of piperidine rings is 1. The quantitative estimate of drug-likeness (QED) is 0.871. The van der Waals surface area contributed by atoms with E-state index in [0.29, 0.717) is 17.0 Å². The van der Waals surface area contributed by atoms with Gasteiger partial charge in [-0.1, -0.05) is 11.6 Å². The Morgan fingerprint density at radius 1 is 1.15 bits per heavy atom. The summed E-state index contributed by atoms with van der Waals surface area (Å²) >= 11 is 6.02. The number of nitrogens with zero attached hydrogens (tertiary/aromatic N) is 4. The number of rotatable bonds is 3. The molecule has 142 valence electrons. The third-order valence-electron chi connectivity index (χ3n) is 6.21. The minimum absolute atomic E-state index is 0.183. The maximum Gasteiger partial charge on any atom is 0.155 e. The van der Waals surface area contributed by atoms with Crippen LogP contribution in [0.15, 0.2) is 18.2 Å². The van der Waals surface area contributed by atoms with Crippen LogP contribution in [-0.2, 0) is 6.42 Å². The summed E-state index contributed by atoms with van der Waals surface area (Å²) in [7, 11) is 2.21. The first-order valence-electron chi connectivity index (χ1n) is 9.95. The number of aromatic hydroxyl groups is 1. The van der Waals surface area contributed by atoms with Crippen molar-refractivity contribution in [2.45, 2.75) is 44.1 Å². The molecule has 0 unspecified atom stereocenters. The van der Waals surface area contributed by atoms with Crippen molar-refractivity contribution in [3.05, 3.63) is 34.3 Å². The predicted octanol–water partition coefficient (Wildman–Crippen LogP) is 3.84. The van der Waals surface area contributed by atoms with Gasteiger partial charge in [-0.3, -0.25) is 0 Å². The predicted molar refractivity (Wildman–Crippen MR) is 108 cm³/mol. The molecule has 3 heterocycles. The molecule has 1 atom stereocenters. The summed E-state index contributed by atoms with van der Waals surface area (Å²) in [6.07, 6.45) is 5.89. The SMILES string of the molecule is CN1CCC[C@@H](N2CCc3c2nnc(-c2ccc(Cl)cc2O)c3C2CC2)C1. The van der Waals surface area contributed by atoms with E-state index in [1.165, 1.54) is 43.4 Å². The Bertz CT molecular complexity index is 883. The third-order valence-corrected chi connectivity index (χ3v) is 6.45. The number of aromatic nitrogens is 2. The summed E-state index contributed by atoms with van der Waals surface area (Å²) < 4.78 is 0. The molecular weight excluding hydrogens is 360 g/mol. The van der Waals surface area contributed by atoms with Crippen molar-refractivity contribution in [2.24, 2.45) is 0 Å². The van der Waals surface area contributed by atoms with E-state index in [4.69, 9.17) is 11.6 Å². The summed E-state index contributed by atoms with van der Waals surface area (Å²) in [5.41, 5.74) is 4.25. The highest BCUT2D eigenvalue weighted by Gasteiger charge is 2.38. The fraction of sp³-hybridized carbons (Fsp3) is 0.524. The number of likely N-dealkylation sites (N-methyl/N-ethyl adjacent to an activating group) is 1. The van der Waals surface area contributed by atoms with Crippen LogP contribution in [-0.4, -0.2) is 52.9 Å². The lowest BCUT2D eigenvalue weighted by molar-refractivity contribution is 0.245. The number of phenolic OH excluding ortho intramolecular Hbond substituents is 1. The largest absolute Gasteiger partial charge is 0.507 e. The van der Waals surface area contributed by atoms with Gasteiger partial charge in [0.1, 0.15) is 11.4 Å². The second-order valence-electron chi connectivity index (χ2n) is 8.20. The highest BCUT2D eigenvalue weighted by atomic mass is 35.5. The maximum atomic E-state index is 10.4. The number of halogens is 1. The number of anilines is 1. The lowest BCUT2D eigenvalue weighted by Gasteiger charge is -2.36. The average molecular weight is 385 g/mol. The van der Waals surface area contributed by atoms with Crippen molar-refractivity contribution in [3.63, 3.8) is 0 Å². The van der Waals surface area contributed by atoms with Crippen molar-refractivity contribution < 1.29 is 5.11 Å². The van der Waals surface area contributed by atoms with Gasteiger partial charge in [0.2, 0.25) is 0 Å². The Labute approximate surface area is 165 Å². The van der Waals surface area contributed by atoms with E-state index in [9.17, 15) is 5.11 Å². The first kappa shape index (κ1) is 17.3. The molecule has 1 aromatic heterocycles. The van der Waals surface area contributed by atoms with E-state index in [1.807, 2.05) is 12.1 Å². The summed E-state index contributed by atoms with van der Waals surface area (Å²) in [6, 6.07) is 5.79. The molecule has 1 aromatic carbocycles. The lowest BCUT2D eigenvalue weighted by atomic mass is 9.96. The molecule has 0 radical (unpaired) electrons. The second kappa shape index (κ2) is 6.64. The molecule has 3 aliphatic rings. The molecule has 5 rings (SSSR count). The molecule has 0 spiro atoms. The monoisotopic (exact) mass is 384 g/mol. The van der Waals surface area contributed by atoms with Crippen molar-refractivity contribution in [1.29, 1.82) is 0 Å². The molecule has 2 aromatic rings. The molecule has 1 saturated heterocycles. The first-order chi connectivity index (χ1) is 13.1. The minimum atomic E-state index is 0.183. The zero-order valence-electron chi connectivity index (χ0n) is 15.7. The van der Waals surface area contributed by atoms with Gasteiger partial charge in [0.05, 0.1) is 0 Å². The fourth-order valence-electron chi connectivity index (χ4n) is 4.76. The van der Waals surface area contributed by atoms with Gasteiger partial charge < -0.3 is 14.9 Å². The summed E-state index contributed by atoms with van der Waals surface area (Å²) in [5, 5.41) is 20.3. The molecule has 2 aliphatic heterocycles. The standard InChI is InChI=1S/C21H25ClN4O/c1-25-9-2-3-15(12-25)26-10-8-17-19(13-4-5-13)20(23-24-21(17)26)16-7-6-14(22)11-18(16)27/h6-7,11,13,15,27H,2-5,8-10,12H2,1H3/t15-/m1/s1. The number of hydrogen-bond donors (Lipinski definition) is 1. The average Bonchev–Trinajstić information content (AvgIpc) is 3.39. The fourth-order valence-corrected chi connectivity index (χ4v) is 4.92. The molecule has 0 amide bonds. The van der Waals surface area contributed by atoms with Crippen LogP contribution < -0.4 is 4.90 Å². The van der Waals surface area contributed by atoms with E-state index in [0.717, 1.165) is 36.6 Å². The van der Waals surface area contributed by atoms with Crippen LogP contribution in [0.25, 0.3) is 11.3 Å². The van der Waals surface area contributed by atoms with Crippen molar-refractivity contribution >= 4 is 17.4 Å². The number of hydrogen-bond acceptors (Lipinski definition) is 5. The molecule has 0 bridgehead atoms. The summed E-state index contributed by atoms with van der Waals surface area (Å²) in [4.78, 5) is 4.90. The van der Waals surface area contributed by atoms with Gasteiger partial charge in [-0.05, 0) is 75.4 Å². The molecule has 2 fully saturated rings. The van der Waals surface area contributed by atoms with Crippen LogP contribution in [0.1, 0.15) is 42.7 Å². The van der Waals surface area contributed by atoms with E-state index < -0.39 is 0 Å². The van der Waals surface area contributed by atoms with Crippen LogP contribution in [0, 0.1) is 0 Å². The molecule has 6 heteroatoms. The molecule has 27 heavy (non-hydrogen) atoms. The third kappa shape index (κ3) is 3.07. The van der Waals surface area contributed by atoms with Gasteiger partial charge in [-0.15, -0.1) is 10.2 Å². The van der Waals surface area contributed by atoms with Gasteiger partial charge in [0, 0.05) is 35.3 Å². The van der Waals surface area contributed by atoms with E-state index in [1.54, 1.807) is 6.07 Å². The Hall–Kier alpha value is -1.85. The Balaban J connectivity index is 1.57. The zero-order chi connectivity index (χ0) is 18.5. The van der Waals surface area contributed by atoms with Crippen LogP contribution in [0.4, 0.5) is 5.82 Å². The molecule has 5 nitrogen and oxygen atoms in total. The minimum Gasteiger partial charge on any atom is -0.507 e. The topological polar surface area (TPSA) is 52.5 Å². The smallest absolute Gasteiger partial charge is 0.155 e. The van der Waals surface area contributed by atoms with Crippen LogP contribution in [0.5, 0.6) is 5.75 Å². The van der Waals surface area contributed by atoms with Gasteiger partial charge in [0.15, 0.2) is 5.82 Å². The van der Waals surface area contributed by atoms with Crippen molar-refractivity contribution in [1.82, 2.24) is 15.1 Å². The summed E-state index contributed by atoms with van der Waals surface area (Å²) in [6.45, 7) is 3.31. The van der Waals surface area contributed by atoms with Crippen molar-refractivity contribution in [3.8, 4) is 17.0 Å². The first-order valence-corrected chi connectivity index (χ1v) is 10.3. The highest BCUT2D eigenvalue weighted by Crippen LogP contribution is 2.49. The number of fused-ring (bicyclic) bond motifs is 1. The Morgan fingerprint density at radius 2 is 2.00 bits per heavy atom. The van der Waals surface area contributed by atoms with E-state index >= 15 is 0 Å². The molecule has 1 N–H and O–H groups in total. The zero-order valence-corrected chi connectivity index (χ0v) is 16.4. The van der Waals surface area contributed by atoms with Crippen LogP contribution in [0.2, 0.25) is 5.02 Å². The Kier molecular flexibility index (Phi) is 4.25. The number of benzene rings is 1.